The van der Waals surface area contributed by atoms with Gasteiger partial charge in [-0.2, -0.15) is 0 Å². The van der Waals surface area contributed by atoms with Crippen LogP contribution in [0.4, 0.5) is 4.79 Å². The van der Waals surface area contributed by atoms with E-state index in [9.17, 15) is 34.5 Å². The molecule has 3 saturated carbocycles. The van der Waals surface area contributed by atoms with E-state index in [2.05, 4.69) is 40.7 Å². The second-order valence-electron chi connectivity index (χ2n) is 22.5. The summed E-state index contributed by atoms with van der Waals surface area (Å²) in [5, 5.41) is 36.0. The second kappa shape index (κ2) is 18.2. The summed E-state index contributed by atoms with van der Waals surface area (Å²) in [6, 6.07) is 4.50. The first kappa shape index (κ1) is 47.8. The molecule has 2 aromatic carbocycles. The highest BCUT2D eigenvalue weighted by Gasteiger charge is 2.59. The molecular formula is C55H72O12. The number of aromatic hydroxyl groups is 2. The fourth-order valence-corrected chi connectivity index (χ4v) is 14.7. The second-order valence-corrected chi connectivity index (χ2v) is 22.5. The van der Waals surface area contributed by atoms with E-state index in [0.29, 0.717) is 36.5 Å². The molecule has 9 unspecified atom stereocenters. The number of hydrogen-bond acceptors (Lipinski definition) is 12. The van der Waals surface area contributed by atoms with Crippen LogP contribution in [0.15, 0.2) is 29.8 Å². The molecule has 0 spiro atoms. The van der Waals surface area contributed by atoms with Gasteiger partial charge >= 0.3 is 6.16 Å². The van der Waals surface area contributed by atoms with Gasteiger partial charge in [0.15, 0.2) is 18.7 Å². The van der Waals surface area contributed by atoms with Crippen LogP contribution in [0.5, 0.6) is 17.2 Å². The highest BCUT2D eigenvalue weighted by Crippen LogP contribution is 2.67. The van der Waals surface area contributed by atoms with Crippen molar-refractivity contribution in [2.45, 2.75) is 174 Å². The topological polar surface area (TPSA) is 175 Å². The van der Waals surface area contributed by atoms with Gasteiger partial charge in [-0.1, -0.05) is 77.7 Å². The van der Waals surface area contributed by atoms with Gasteiger partial charge in [-0.3, -0.25) is 14.4 Å². The number of carbonyl (C=O) groups is 4. The molecule has 3 N–H and O–H groups in total. The number of aliphatic hydroxyl groups is 1. The number of methoxy groups -OCH3 is 1. The molecule has 2 aromatic rings. The summed E-state index contributed by atoms with van der Waals surface area (Å²) >= 11 is 0. The van der Waals surface area contributed by atoms with Gasteiger partial charge in [0, 0.05) is 36.0 Å². The lowest BCUT2D eigenvalue weighted by Gasteiger charge is -2.58. The largest absolute Gasteiger partial charge is 0.508 e. The Bertz CT molecular complexity index is 2330. The van der Waals surface area contributed by atoms with Crippen molar-refractivity contribution in [3.63, 3.8) is 0 Å². The predicted octanol–water partition coefficient (Wildman–Crippen LogP) is 10.7. The zero-order valence-electron chi connectivity index (χ0n) is 40.6. The van der Waals surface area contributed by atoms with Gasteiger partial charge in [0.05, 0.1) is 36.0 Å². The molecule has 4 fully saturated rings. The van der Waals surface area contributed by atoms with Gasteiger partial charge in [-0.25, -0.2) is 4.79 Å². The molecule has 12 atom stereocenters. The first-order valence-electron chi connectivity index (χ1n) is 25.3. The van der Waals surface area contributed by atoms with Crippen LogP contribution in [0.1, 0.15) is 187 Å². The predicted molar refractivity (Wildman–Crippen MR) is 249 cm³/mol. The number of hydrogen-bond donors (Lipinski definition) is 3. The van der Waals surface area contributed by atoms with Gasteiger partial charge in [-0.15, -0.1) is 0 Å². The van der Waals surface area contributed by atoms with E-state index in [-0.39, 0.29) is 39.5 Å². The van der Waals surface area contributed by atoms with Gasteiger partial charge in [0.1, 0.15) is 29.0 Å². The number of phenolic OH excluding ortho intramolecular Hbond substituents is 2. The summed E-state index contributed by atoms with van der Waals surface area (Å²) in [7, 11) is 1.36. The maximum atomic E-state index is 14.1. The van der Waals surface area contributed by atoms with Crippen LogP contribution >= 0.6 is 0 Å². The Morgan fingerprint density at radius 1 is 0.910 bits per heavy atom. The number of allylic oxidation sites excluding steroid dienone is 1. The number of benzene rings is 2. The minimum atomic E-state index is -2.28. The van der Waals surface area contributed by atoms with E-state index in [1.807, 2.05) is 6.92 Å². The van der Waals surface area contributed by atoms with Crippen molar-refractivity contribution in [2.24, 2.45) is 46.3 Å². The number of Topliss-reactive ketones (excluding diaryl/α,β-unsaturated/α-hetero) is 1. The third-order valence-corrected chi connectivity index (χ3v) is 18.2. The Kier molecular flexibility index (Phi) is 13.0. The average molecular weight is 925 g/mol. The van der Waals surface area contributed by atoms with E-state index < -0.39 is 89.7 Å². The first-order chi connectivity index (χ1) is 31.9. The zero-order valence-corrected chi connectivity index (χ0v) is 40.6. The number of ether oxygens (including phenoxy) is 5. The van der Waals surface area contributed by atoms with E-state index in [4.69, 9.17) is 23.7 Å². The smallest absolute Gasteiger partial charge is 0.507 e. The Morgan fingerprint density at radius 3 is 2.43 bits per heavy atom. The number of rotatable bonds is 12. The molecule has 67 heavy (non-hydrogen) atoms. The van der Waals surface area contributed by atoms with Crippen molar-refractivity contribution in [3.05, 3.63) is 63.2 Å². The molecule has 1 heterocycles. The highest BCUT2D eigenvalue weighted by molar-refractivity contribution is 6.31. The molecule has 364 valence electrons. The van der Waals surface area contributed by atoms with Gasteiger partial charge in [0.25, 0.3) is 0 Å². The number of carbonyl (C=O) groups excluding carboxylic acids is 4. The number of ketones is 3. The summed E-state index contributed by atoms with van der Waals surface area (Å²) in [4.78, 5) is 55.5. The lowest BCUT2D eigenvalue weighted by molar-refractivity contribution is -0.223. The fourth-order valence-electron chi connectivity index (χ4n) is 14.7. The van der Waals surface area contributed by atoms with Crippen LogP contribution in [0.2, 0.25) is 0 Å². The summed E-state index contributed by atoms with van der Waals surface area (Å²) < 4.78 is 29.1. The van der Waals surface area contributed by atoms with E-state index >= 15 is 0 Å². The molecule has 7 aliphatic rings. The van der Waals surface area contributed by atoms with Crippen molar-refractivity contribution >= 4 is 23.5 Å². The highest BCUT2D eigenvalue weighted by atomic mass is 16.7. The molecule has 12 nitrogen and oxygen atoms in total. The van der Waals surface area contributed by atoms with Crippen molar-refractivity contribution in [3.8, 4) is 17.2 Å². The summed E-state index contributed by atoms with van der Waals surface area (Å²) in [5.41, 5.74) is -1.56. The molecule has 0 aromatic heterocycles. The number of fused-ring (bicyclic) bond motifs is 8. The van der Waals surface area contributed by atoms with Crippen molar-refractivity contribution < 1.29 is 58.2 Å². The van der Waals surface area contributed by atoms with Crippen molar-refractivity contribution in [2.75, 3.05) is 13.7 Å². The molecule has 6 aliphatic carbocycles. The first-order valence-corrected chi connectivity index (χ1v) is 25.3. The average Bonchev–Trinajstić information content (AvgIpc) is 3.65. The lowest BCUT2D eigenvalue weighted by atomic mass is 9.47. The Hall–Kier alpha value is -4.26. The Labute approximate surface area is 395 Å². The molecule has 1 aliphatic heterocycles. The van der Waals surface area contributed by atoms with Crippen LogP contribution in [-0.4, -0.2) is 76.6 Å². The summed E-state index contributed by atoms with van der Waals surface area (Å²) in [6.07, 6.45) is 12.3. The van der Waals surface area contributed by atoms with Crippen LogP contribution < -0.4 is 4.74 Å². The Balaban J connectivity index is 0.878. The summed E-state index contributed by atoms with van der Waals surface area (Å²) in [5.74, 6) is 0.869. The molecular weight excluding hydrogens is 853 g/mol. The number of phenols is 2. The van der Waals surface area contributed by atoms with Crippen LogP contribution in [-0.2, 0) is 30.2 Å². The maximum Gasteiger partial charge on any atom is 0.508 e. The molecule has 0 amide bonds. The standard InChI is InChI=1S/C55H72O12/c1-29(2)11-8-12-30(3)37-19-20-38-34-18-17-32-25-33(21-23-53(32,5)39(34)22-24-54(37,38)6)66-52(61)64-28-42(56)55(62)26-36-45(41(27-55)67-43-16-9-13-31(4)65-43)51(60)47-46(49(36)58)48(57)35-14-10-15-40(63-7)44(35)50(47)59/h10,14-15,17,29-31,33-34,37-39,41,43,58,60,62H,8-9,11-13,16,18-28H2,1-7H3/t30?,31-,33?,34?,37?,38?,39?,41-,43-,53?,54?,55?/m1/s1. The maximum absolute atomic E-state index is 14.1. The zero-order chi connectivity index (χ0) is 47.7. The Morgan fingerprint density at radius 2 is 1.69 bits per heavy atom. The van der Waals surface area contributed by atoms with Crippen LogP contribution in [0.3, 0.4) is 0 Å². The molecule has 1 saturated heterocycles. The van der Waals surface area contributed by atoms with Crippen LogP contribution in [0, 0.1) is 46.3 Å². The SMILES string of the molecule is COc1cccc2c1C(=O)c1c(O)c3c(c(O)c1C2=O)CC(O)(C(=O)COC(=O)OC1CCC2(C)C(=CCC4C2CCC2(C)C(C(C)CCCC(C)C)CCC42)C1)C[C@H]3O[C@@H]1CCC[C@@H](C)O1. The molecule has 9 rings (SSSR count). The van der Waals surface area contributed by atoms with E-state index in [1.54, 1.807) is 6.07 Å². The van der Waals surface area contributed by atoms with Crippen LogP contribution in [0.25, 0.3) is 0 Å². The van der Waals surface area contributed by atoms with Gasteiger partial charge in [-0.05, 0) is 124 Å². The summed E-state index contributed by atoms with van der Waals surface area (Å²) in [6.45, 7) is 13.3. The van der Waals surface area contributed by atoms with Crippen molar-refractivity contribution in [1.29, 1.82) is 0 Å². The fraction of sp³-hybridized carbons (Fsp3) is 0.673. The van der Waals surface area contributed by atoms with Gasteiger partial charge < -0.3 is 39.0 Å². The molecule has 0 bridgehead atoms. The molecule has 12 heteroatoms. The quantitative estimate of drug-likeness (QED) is 0.0892. The molecule has 0 radical (unpaired) electrons. The third kappa shape index (κ3) is 8.32. The monoisotopic (exact) mass is 925 g/mol. The minimum Gasteiger partial charge on any atom is -0.507 e. The lowest BCUT2D eigenvalue weighted by Crippen LogP contribution is -2.51. The normalized spacial score (nSPS) is 34.7. The third-order valence-electron chi connectivity index (χ3n) is 18.2. The van der Waals surface area contributed by atoms with Crippen molar-refractivity contribution in [1.82, 2.24) is 0 Å². The van der Waals surface area contributed by atoms with Gasteiger partial charge in [0.2, 0.25) is 11.6 Å². The minimum absolute atomic E-state index is 0.0268. The van der Waals surface area contributed by atoms with E-state index in [1.165, 1.54) is 69.8 Å². The van der Waals surface area contributed by atoms with E-state index in [0.717, 1.165) is 49.4 Å².